The van der Waals surface area contributed by atoms with Crippen molar-refractivity contribution in [2.45, 2.75) is 25.8 Å². The average molecular weight is 646 g/mol. The van der Waals surface area contributed by atoms with E-state index in [-0.39, 0.29) is 23.6 Å². The number of aromatic nitrogens is 1. The molecule has 2 aliphatic rings. The molecule has 13 heteroatoms. The smallest absolute Gasteiger partial charge is 0.331 e. The van der Waals surface area contributed by atoms with Crippen LogP contribution in [0.15, 0.2) is 72.9 Å². The van der Waals surface area contributed by atoms with E-state index in [1.165, 1.54) is 23.5 Å². The van der Waals surface area contributed by atoms with Gasteiger partial charge in [0.05, 0.1) is 28.2 Å². The van der Waals surface area contributed by atoms with Gasteiger partial charge in [-0.2, -0.15) is 0 Å². The maximum absolute atomic E-state index is 13.6. The molecule has 1 fully saturated rings. The molecule has 1 unspecified atom stereocenters. The summed E-state index contributed by atoms with van der Waals surface area (Å²) in [5, 5.41) is 6.62. The Kier molecular flexibility index (Phi) is 8.30. The summed E-state index contributed by atoms with van der Waals surface area (Å²) < 4.78 is 28.7. The van der Waals surface area contributed by atoms with E-state index < -0.39 is 15.9 Å². The van der Waals surface area contributed by atoms with Crippen molar-refractivity contribution < 1.29 is 27.5 Å². The first kappa shape index (κ1) is 30.3. The van der Waals surface area contributed by atoms with E-state index in [4.69, 9.17) is 4.74 Å². The number of amides is 4. The van der Waals surface area contributed by atoms with Gasteiger partial charge in [-0.05, 0) is 61.7 Å². The predicted molar refractivity (Wildman–Crippen MR) is 174 cm³/mol. The molecular weight excluding hydrogens is 615 g/mol. The Morgan fingerprint density at radius 1 is 1.13 bits per heavy atom. The number of piperidine rings is 1. The number of likely N-dealkylation sites (tertiary alicyclic amines) is 1. The standard InChI is InChI=1S/C32H31N5O6S2/c1-20-18-23(43-22-9-4-3-5-10-22)12-13-24(20)37-25-14-15-33-31-27(25)28(35-32(37)40)29(44-31)30(39)34-21-8-6-16-36(19-21)26(38)11-7-17-45(2,41)42/h3-5,7,9-15,18,21H,6,8,16-17,19H2,1-2H3,(H,34,39)(H,35,40). The van der Waals surface area contributed by atoms with Crippen LogP contribution in [0.1, 0.15) is 28.1 Å². The van der Waals surface area contributed by atoms with E-state index in [1.54, 1.807) is 22.1 Å². The van der Waals surface area contributed by atoms with Crippen molar-refractivity contribution in [2.24, 2.45) is 0 Å². The number of sulfone groups is 1. The van der Waals surface area contributed by atoms with Gasteiger partial charge in [0.25, 0.3) is 5.91 Å². The van der Waals surface area contributed by atoms with Crippen LogP contribution in [0.4, 0.5) is 21.9 Å². The van der Waals surface area contributed by atoms with E-state index in [0.29, 0.717) is 69.6 Å². The summed E-state index contributed by atoms with van der Waals surface area (Å²) in [4.78, 5) is 48.4. The van der Waals surface area contributed by atoms with Crippen LogP contribution in [0.3, 0.4) is 0 Å². The Bertz CT molecular complexity index is 1940. The van der Waals surface area contributed by atoms with Gasteiger partial charge in [-0.25, -0.2) is 18.2 Å². The zero-order valence-corrected chi connectivity index (χ0v) is 26.3. The highest BCUT2D eigenvalue weighted by molar-refractivity contribution is 7.90. The minimum Gasteiger partial charge on any atom is -0.457 e. The van der Waals surface area contributed by atoms with Gasteiger partial charge in [0.1, 0.15) is 21.2 Å². The SMILES string of the molecule is Cc1cc(Oc2ccccc2)ccc1N1C(=O)Nc2c(C(=O)NC3CCCN(C(=O)C=CCS(C)(=O)=O)C3)sc3nccc1c23. The number of pyridine rings is 1. The van der Waals surface area contributed by atoms with Gasteiger partial charge in [0.15, 0.2) is 9.84 Å². The number of thiophene rings is 1. The number of aryl methyl sites for hydroxylation is 1. The number of para-hydroxylation sites is 1. The number of hydrogen-bond donors (Lipinski definition) is 2. The van der Waals surface area contributed by atoms with Gasteiger partial charge in [-0.3, -0.25) is 14.5 Å². The van der Waals surface area contributed by atoms with Gasteiger partial charge >= 0.3 is 6.03 Å². The first-order valence-electron chi connectivity index (χ1n) is 14.4. The van der Waals surface area contributed by atoms with Crippen molar-refractivity contribution in [1.82, 2.24) is 15.2 Å². The average Bonchev–Trinajstić information content (AvgIpc) is 3.37. The summed E-state index contributed by atoms with van der Waals surface area (Å²) in [6.07, 6.45) is 6.69. The second kappa shape index (κ2) is 12.3. The van der Waals surface area contributed by atoms with Gasteiger partial charge in [0.2, 0.25) is 5.91 Å². The molecule has 232 valence electrons. The fourth-order valence-electron chi connectivity index (χ4n) is 5.53. The summed E-state index contributed by atoms with van der Waals surface area (Å²) in [6, 6.07) is 16.0. The normalized spacial score (nSPS) is 16.6. The van der Waals surface area contributed by atoms with Crippen LogP contribution in [0.2, 0.25) is 0 Å². The highest BCUT2D eigenvalue weighted by Gasteiger charge is 2.34. The number of nitrogens with one attached hydrogen (secondary N) is 2. The van der Waals surface area contributed by atoms with E-state index >= 15 is 0 Å². The van der Waals surface area contributed by atoms with E-state index in [1.807, 2.05) is 55.5 Å². The Labute approximate surface area is 264 Å². The van der Waals surface area contributed by atoms with Crippen LogP contribution >= 0.6 is 11.3 Å². The lowest BCUT2D eigenvalue weighted by atomic mass is 10.0. The van der Waals surface area contributed by atoms with Crippen molar-refractivity contribution in [2.75, 3.05) is 35.3 Å². The molecule has 1 saturated heterocycles. The number of urea groups is 1. The van der Waals surface area contributed by atoms with E-state index in [0.717, 1.165) is 11.8 Å². The van der Waals surface area contributed by atoms with Crippen molar-refractivity contribution in [3.63, 3.8) is 0 Å². The first-order valence-corrected chi connectivity index (χ1v) is 17.3. The number of carbonyl (C=O) groups is 3. The highest BCUT2D eigenvalue weighted by Crippen LogP contribution is 2.46. The number of ether oxygens (including phenoxy) is 1. The lowest BCUT2D eigenvalue weighted by molar-refractivity contribution is -0.127. The van der Waals surface area contributed by atoms with Gasteiger partial charge in [0, 0.05) is 37.7 Å². The van der Waals surface area contributed by atoms with Crippen LogP contribution in [0.25, 0.3) is 10.2 Å². The fourth-order valence-corrected chi connectivity index (χ4v) is 6.99. The minimum atomic E-state index is -3.22. The minimum absolute atomic E-state index is 0.214. The quantitative estimate of drug-likeness (QED) is 0.245. The molecule has 4 heterocycles. The summed E-state index contributed by atoms with van der Waals surface area (Å²) in [6.45, 7) is 2.71. The third kappa shape index (κ3) is 6.54. The molecule has 1 atom stereocenters. The monoisotopic (exact) mass is 645 g/mol. The molecule has 0 saturated carbocycles. The summed E-state index contributed by atoms with van der Waals surface area (Å²) in [5.41, 5.74) is 2.51. The van der Waals surface area contributed by atoms with Crippen molar-refractivity contribution in [1.29, 1.82) is 0 Å². The number of hydrogen-bond acceptors (Lipinski definition) is 8. The molecule has 0 radical (unpaired) electrons. The second-order valence-corrected chi connectivity index (χ2v) is 14.2. The van der Waals surface area contributed by atoms with Crippen LogP contribution in [0.5, 0.6) is 11.5 Å². The molecule has 4 amide bonds. The Morgan fingerprint density at radius 2 is 1.93 bits per heavy atom. The topological polar surface area (TPSA) is 138 Å². The Hall–Kier alpha value is -4.75. The number of carbonyl (C=O) groups excluding carboxylic acids is 3. The van der Waals surface area contributed by atoms with Crippen molar-refractivity contribution >= 4 is 66.3 Å². The van der Waals surface area contributed by atoms with Crippen LogP contribution in [-0.4, -0.2) is 67.3 Å². The molecule has 0 spiro atoms. The Balaban J connectivity index is 1.22. The zero-order valence-electron chi connectivity index (χ0n) is 24.6. The summed E-state index contributed by atoms with van der Waals surface area (Å²) in [7, 11) is -3.22. The zero-order chi connectivity index (χ0) is 31.7. The lowest BCUT2D eigenvalue weighted by Gasteiger charge is -2.32. The third-order valence-electron chi connectivity index (χ3n) is 7.57. The van der Waals surface area contributed by atoms with E-state index in [9.17, 15) is 22.8 Å². The molecule has 6 rings (SSSR count). The summed E-state index contributed by atoms with van der Waals surface area (Å²) in [5.74, 6) is 0.472. The summed E-state index contributed by atoms with van der Waals surface area (Å²) >= 11 is 1.19. The maximum atomic E-state index is 13.6. The van der Waals surface area contributed by atoms with Gasteiger partial charge in [-0.15, -0.1) is 11.3 Å². The third-order valence-corrected chi connectivity index (χ3v) is 9.46. The number of anilines is 3. The second-order valence-electron chi connectivity index (χ2n) is 11.0. The fraction of sp³-hybridized carbons (Fsp3) is 0.250. The maximum Gasteiger partial charge on any atom is 0.331 e. The van der Waals surface area contributed by atoms with Gasteiger partial charge in [-0.1, -0.05) is 24.3 Å². The van der Waals surface area contributed by atoms with Crippen molar-refractivity contribution in [3.05, 3.63) is 83.4 Å². The van der Waals surface area contributed by atoms with Crippen LogP contribution in [0, 0.1) is 6.92 Å². The predicted octanol–water partition coefficient (Wildman–Crippen LogP) is 5.40. The molecule has 0 aliphatic carbocycles. The molecular formula is C32H31N5O6S2. The lowest BCUT2D eigenvalue weighted by Crippen LogP contribution is -2.49. The Morgan fingerprint density at radius 3 is 2.69 bits per heavy atom. The molecule has 2 aromatic carbocycles. The van der Waals surface area contributed by atoms with Crippen molar-refractivity contribution in [3.8, 4) is 11.5 Å². The van der Waals surface area contributed by atoms with Crippen LogP contribution < -0.4 is 20.3 Å². The highest BCUT2D eigenvalue weighted by atomic mass is 32.2. The molecule has 45 heavy (non-hydrogen) atoms. The number of rotatable bonds is 8. The largest absolute Gasteiger partial charge is 0.457 e. The molecule has 2 aromatic heterocycles. The van der Waals surface area contributed by atoms with Gasteiger partial charge < -0.3 is 20.3 Å². The molecule has 2 aliphatic heterocycles. The molecule has 0 bridgehead atoms. The number of nitrogens with zero attached hydrogens (tertiary/aromatic N) is 3. The molecule has 2 N–H and O–H groups in total. The molecule has 4 aromatic rings. The first-order chi connectivity index (χ1) is 21.6. The molecule has 11 nitrogen and oxygen atoms in total. The van der Waals surface area contributed by atoms with Crippen LogP contribution in [-0.2, 0) is 14.6 Å². The number of benzene rings is 2. The van der Waals surface area contributed by atoms with E-state index in [2.05, 4.69) is 15.6 Å².